The molecule has 0 amide bonds. The molecule has 0 spiro atoms. The van der Waals surface area contributed by atoms with Gasteiger partial charge in [-0.2, -0.15) is 0 Å². The fourth-order valence-electron chi connectivity index (χ4n) is 2.36. The summed E-state index contributed by atoms with van der Waals surface area (Å²) in [6.07, 6.45) is 0. The van der Waals surface area contributed by atoms with Gasteiger partial charge in [-0.05, 0) is 31.0 Å². The summed E-state index contributed by atoms with van der Waals surface area (Å²) in [6.45, 7) is 3.28. The van der Waals surface area contributed by atoms with Crippen LogP contribution >= 0.6 is 0 Å². The molecule has 161 valence electrons. The minimum absolute atomic E-state index is 0. The Hall–Kier alpha value is -3.90. The number of nitro groups is 3. The molecule has 0 fully saturated rings. The van der Waals surface area contributed by atoms with Crippen LogP contribution in [0.2, 0.25) is 0 Å². The molecule has 3 radical (unpaired) electrons. The number of rotatable bonds is 5. The minimum Gasteiger partial charge on any atom is -0.489 e. The summed E-state index contributed by atoms with van der Waals surface area (Å²) < 4.78 is 9.50. The summed E-state index contributed by atoms with van der Waals surface area (Å²) in [5.74, 6) is -0.203. The normalized spacial score (nSPS) is 9.07. The molecule has 13 heteroatoms. The molecule has 12 nitrogen and oxygen atoms in total. The molecule has 0 aliphatic rings. The molecule has 0 saturated carbocycles. The minimum atomic E-state index is -0.709. The van der Waals surface area contributed by atoms with Gasteiger partial charge in [-0.3, -0.25) is 30.3 Å². The van der Waals surface area contributed by atoms with E-state index >= 15 is 0 Å². The van der Waals surface area contributed by atoms with Gasteiger partial charge in [-0.15, -0.1) is 0 Å². The molecule has 30 heavy (non-hydrogen) atoms. The molecule has 2 aromatic rings. The highest BCUT2D eigenvalue weighted by Crippen LogP contribution is 2.37. The number of methoxy groups -OCH3 is 2. The summed E-state index contributed by atoms with van der Waals surface area (Å²) in [5.41, 5.74) is 6.11. The third-order valence-electron chi connectivity index (χ3n) is 3.43. The van der Waals surface area contributed by atoms with Gasteiger partial charge in [-0.1, -0.05) is 7.43 Å². The van der Waals surface area contributed by atoms with E-state index in [1.807, 2.05) is 0 Å². The lowest BCUT2D eigenvalue weighted by Crippen LogP contribution is -1.99. The van der Waals surface area contributed by atoms with Gasteiger partial charge in [0.15, 0.2) is 0 Å². The summed E-state index contributed by atoms with van der Waals surface area (Å²) in [6, 6.07) is 5.51. The van der Waals surface area contributed by atoms with E-state index in [1.165, 1.54) is 25.3 Å². The van der Waals surface area contributed by atoms with E-state index in [9.17, 15) is 30.3 Å². The largest absolute Gasteiger partial charge is 0.489 e. The predicted octanol–water partition coefficient (Wildman–Crippen LogP) is 3.57. The number of nitrogens with zero attached hydrogens (tertiary/aromatic N) is 3. The molecule has 2 rings (SSSR count). The molecular weight excluding hydrogens is 399 g/mol. The highest BCUT2D eigenvalue weighted by atomic mass is 16.6. The molecular formula is C17H22BN4O8. The molecule has 0 atom stereocenters. The maximum absolute atomic E-state index is 10.6. The van der Waals surface area contributed by atoms with Crippen LogP contribution in [0.15, 0.2) is 24.3 Å². The Balaban J connectivity index is 0. The van der Waals surface area contributed by atoms with E-state index in [-0.39, 0.29) is 38.7 Å². The SMILES string of the molecule is C.COc1c(N)cc(C)cc1[N+](=O)[O-].COc1c([N+](=O)[O-])cc(C)cc1[N+](=O)[O-].[B]. The lowest BCUT2D eigenvalue weighted by molar-refractivity contribution is -0.395. The molecule has 2 aromatic carbocycles. The topological polar surface area (TPSA) is 174 Å². The Bertz CT molecular complexity index is 901. The summed E-state index contributed by atoms with van der Waals surface area (Å²) in [4.78, 5) is 29.8. The van der Waals surface area contributed by atoms with Crippen LogP contribution in [-0.4, -0.2) is 37.4 Å². The Morgan fingerprint density at radius 3 is 1.33 bits per heavy atom. The van der Waals surface area contributed by atoms with E-state index in [0.717, 1.165) is 12.7 Å². The third-order valence-corrected chi connectivity index (χ3v) is 3.43. The van der Waals surface area contributed by atoms with E-state index in [2.05, 4.69) is 4.74 Å². The second-order valence-corrected chi connectivity index (χ2v) is 5.51. The van der Waals surface area contributed by atoms with Crippen LogP contribution in [-0.2, 0) is 0 Å². The molecule has 0 heterocycles. The predicted molar refractivity (Wildman–Crippen MR) is 112 cm³/mol. The Morgan fingerprint density at radius 2 is 1.03 bits per heavy atom. The number of hydrogen-bond donors (Lipinski definition) is 1. The molecule has 0 aromatic heterocycles. The highest BCUT2D eigenvalue weighted by Gasteiger charge is 2.26. The van der Waals surface area contributed by atoms with Crippen molar-refractivity contribution in [3.63, 3.8) is 0 Å². The second-order valence-electron chi connectivity index (χ2n) is 5.51. The van der Waals surface area contributed by atoms with E-state index in [0.29, 0.717) is 5.56 Å². The average molecular weight is 421 g/mol. The van der Waals surface area contributed by atoms with E-state index in [4.69, 9.17) is 10.5 Å². The first-order valence-electron chi connectivity index (χ1n) is 7.59. The van der Waals surface area contributed by atoms with Crippen molar-refractivity contribution >= 4 is 31.2 Å². The fraction of sp³-hybridized carbons (Fsp3) is 0.294. The van der Waals surface area contributed by atoms with Crippen molar-refractivity contribution < 1.29 is 24.2 Å². The Labute approximate surface area is 174 Å². The van der Waals surface area contributed by atoms with Crippen LogP contribution in [0.4, 0.5) is 22.7 Å². The molecule has 2 N–H and O–H groups in total. The molecule has 0 aliphatic carbocycles. The van der Waals surface area contributed by atoms with Crippen LogP contribution in [0.25, 0.3) is 0 Å². The maximum atomic E-state index is 10.6. The van der Waals surface area contributed by atoms with Gasteiger partial charge in [0.1, 0.15) is 0 Å². The third kappa shape index (κ3) is 6.62. The molecule has 0 saturated heterocycles. The molecule has 0 bridgehead atoms. The lowest BCUT2D eigenvalue weighted by atomic mass is 10.2. The maximum Gasteiger partial charge on any atom is 0.318 e. The quantitative estimate of drug-likeness (QED) is 0.327. The number of nitrogen functional groups attached to an aromatic ring is 1. The van der Waals surface area contributed by atoms with Crippen molar-refractivity contribution in [3.8, 4) is 11.5 Å². The molecule has 0 unspecified atom stereocenters. The van der Waals surface area contributed by atoms with E-state index in [1.54, 1.807) is 19.9 Å². The monoisotopic (exact) mass is 421 g/mol. The fourth-order valence-corrected chi connectivity index (χ4v) is 2.36. The number of hydrogen-bond acceptors (Lipinski definition) is 9. The number of anilines is 1. The van der Waals surface area contributed by atoms with Crippen LogP contribution in [0.5, 0.6) is 11.5 Å². The lowest BCUT2D eigenvalue weighted by Gasteiger charge is -2.05. The summed E-state index contributed by atoms with van der Waals surface area (Å²) in [7, 11) is 2.51. The average Bonchev–Trinajstić information content (AvgIpc) is 2.60. The van der Waals surface area contributed by atoms with Gasteiger partial charge in [0.05, 0.1) is 34.7 Å². The second kappa shape index (κ2) is 11.8. The van der Waals surface area contributed by atoms with Gasteiger partial charge in [0, 0.05) is 26.6 Å². The number of aryl methyl sites for hydroxylation is 2. The summed E-state index contributed by atoms with van der Waals surface area (Å²) in [5, 5.41) is 31.8. The number of ether oxygens (including phenoxy) is 2. The standard InChI is InChI=1S/C8H8N2O5.C8H10N2O3.CH4.B/c1-5-3-6(9(11)12)8(15-2)7(4-5)10(13)14;1-5-3-6(9)8(13-2)7(4-5)10(11)12;;/h3-4H,1-2H3;3-4H,9H2,1-2H3;1H4;. The Kier molecular flexibility index (Phi) is 11.2. The number of nitrogens with two attached hydrogens (primary N) is 1. The first-order chi connectivity index (χ1) is 13.0. The van der Waals surface area contributed by atoms with Crippen molar-refractivity contribution in [1.82, 2.24) is 0 Å². The van der Waals surface area contributed by atoms with Crippen LogP contribution in [0.1, 0.15) is 18.6 Å². The number of nitro benzene ring substituents is 3. The smallest absolute Gasteiger partial charge is 0.318 e. The van der Waals surface area contributed by atoms with Crippen LogP contribution in [0, 0.1) is 44.2 Å². The zero-order valence-electron chi connectivity index (χ0n) is 16.1. The van der Waals surface area contributed by atoms with Gasteiger partial charge < -0.3 is 15.2 Å². The summed E-state index contributed by atoms with van der Waals surface area (Å²) >= 11 is 0. The van der Waals surface area contributed by atoms with Crippen LogP contribution < -0.4 is 15.2 Å². The zero-order valence-corrected chi connectivity index (χ0v) is 16.1. The number of benzene rings is 2. The van der Waals surface area contributed by atoms with Gasteiger partial charge in [0.25, 0.3) is 5.75 Å². The van der Waals surface area contributed by atoms with Gasteiger partial charge in [-0.25, -0.2) is 0 Å². The molecule has 0 aliphatic heterocycles. The Morgan fingerprint density at radius 1 is 0.733 bits per heavy atom. The first-order valence-corrected chi connectivity index (χ1v) is 7.59. The zero-order chi connectivity index (χ0) is 21.6. The van der Waals surface area contributed by atoms with Crippen molar-refractivity contribution in [2.75, 3.05) is 20.0 Å². The highest BCUT2D eigenvalue weighted by molar-refractivity contribution is 5.75. The van der Waals surface area contributed by atoms with Gasteiger partial charge in [0.2, 0.25) is 5.75 Å². The van der Waals surface area contributed by atoms with Crippen molar-refractivity contribution in [2.24, 2.45) is 0 Å². The van der Waals surface area contributed by atoms with Crippen molar-refractivity contribution in [3.05, 3.63) is 65.7 Å². The van der Waals surface area contributed by atoms with Gasteiger partial charge >= 0.3 is 17.1 Å². The van der Waals surface area contributed by atoms with Crippen LogP contribution in [0.3, 0.4) is 0 Å². The van der Waals surface area contributed by atoms with Crippen molar-refractivity contribution in [2.45, 2.75) is 21.3 Å². The van der Waals surface area contributed by atoms with Crippen molar-refractivity contribution in [1.29, 1.82) is 0 Å². The van der Waals surface area contributed by atoms with E-state index < -0.39 is 26.1 Å². The first kappa shape index (κ1) is 28.3.